The predicted molar refractivity (Wildman–Crippen MR) is 139 cm³/mol. The number of halogens is 5. The average Bonchev–Trinajstić information content (AvgIpc) is 2.92. The van der Waals surface area contributed by atoms with Gasteiger partial charge in [-0.15, -0.1) is 0 Å². The normalized spacial score (nSPS) is 25.6. The lowest BCUT2D eigenvalue weighted by Gasteiger charge is -2.57. The van der Waals surface area contributed by atoms with Gasteiger partial charge < -0.3 is 10.4 Å². The van der Waals surface area contributed by atoms with Crippen LogP contribution in [0.15, 0.2) is 18.2 Å². The number of anilines is 1. The first-order chi connectivity index (χ1) is 19.6. The van der Waals surface area contributed by atoms with Gasteiger partial charge in [0.15, 0.2) is 29.1 Å². The number of aryl methyl sites for hydroxylation is 2. The monoisotopic (exact) mass is 569 g/mol. The molecule has 41 heavy (non-hydrogen) atoms. The smallest absolute Gasteiger partial charge is 0.230 e. The van der Waals surface area contributed by atoms with Gasteiger partial charge in [0.05, 0.1) is 23.5 Å². The van der Waals surface area contributed by atoms with Gasteiger partial charge in [-0.2, -0.15) is 0 Å². The largest absolute Gasteiger partial charge is 0.508 e. The minimum atomic E-state index is -2.27. The summed E-state index contributed by atoms with van der Waals surface area (Å²) in [5.74, 6) is -9.12. The van der Waals surface area contributed by atoms with Crippen LogP contribution in [0.3, 0.4) is 0 Å². The van der Waals surface area contributed by atoms with E-state index < -0.39 is 47.0 Å². The Labute approximate surface area is 233 Å². The summed E-state index contributed by atoms with van der Waals surface area (Å²) in [6, 6.07) is 5.10. The summed E-state index contributed by atoms with van der Waals surface area (Å²) < 4.78 is 69.7. The van der Waals surface area contributed by atoms with E-state index in [0.29, 0.717) is 54.1 Å². The maximum absolute atomic E-state index is 14.3. The van der Waals surface area contributed by atoms with Crippen molar-refractivity contribution in [3.8, 4) is 17.0 Å². The van der Waals surface area contributed by atoms with Crippen LogP contribution in [0.5, 0.6) is 5.75 Å². The first-order valence-electron chi connectivity index (χ1n) is 14.1. The number of amides is 1. The van der Waals surface area contributed by atoms with Crippen LogP contribution < -0.4 is 5.32 Å². The summed E-state index contributed by atoms with van der Waals surface area (Å²) in [4.78, 5) is 22.8. The molecule has 1 heterocycles. The molecule has 0 atom stereocenters. The molecule has 10 heteroatoms. The number of carbonyl (C=O) groups is 1. The molecule has 4 bridgehead atoms. The minimum absolute atomic E-state index is 0.0189. The Morgan fingerprint density at radius 2 is 1.49 bits per heavy atom. The van der Waals surface area contributed by atoms with E-state index >= 15 is 0 Å². The Morgan fingerprint density at radius 3 is 2.12 bits per heavy atom. The second-order valence-electron chi connectivity index (χ2n) is 12.5. The zero-order valence-corrected chi connectivity index (χ0v) is 22.2. The molecule has 0 unspecified atom stereocenters. The summed E-state index contributed by atoms with van der Waals surface area (Å²) in [5, 5.41) is 12.6. The van der Waals surface area contributed by atoms with Gasteiger partial charge in [0.1, 0.15) is 5.75 Å². The maximum Gasteiger partial charge on any atom is 0.230 e. The van der Waals surface area contributed by atoms with E-state index in [-0.39, 0.29) is 17.0 Å². The highest BCUT2D eigenvalue weighted by Crippen LogP contribution is 2.61. The molecule has 4 saturated carbocycles. The van der Waals surface area contributed by atoms with E-state index in [4.69, 9.17) is 9.97 Å². The van der Waals surface area contributed by atoms with Crippen molar-refractivity contribution in [3.63, 3.8) is 0 Å². The van der Waals surface area contributed by atoms with Crippen molar-refractivity contribution in [1.29, 1.82) is 0 Å². The zero-order chi connectivity index (χ0) is 28.6. The summed E-state index contributed by atoms with van der Waals surface area (Å²) >= 11 is 0. The number of phenols is 1. The molecule has 2 aromatic carbocycles. The molecule has 2 N–H and O–H groups in total. The van der Waals surface area contributed by atoms with Crippen molar-refractivity contribution in [2.75, 3.05) is 5.32 Å². The number of hydrogen-bond donors (Lipinski definition) is 2. The third-order valence-corrected chi connectivity index (χ3v) is 9.62. The van der Waals surface area contributed by atoms with Gasteiger partial charge in [-0.1, -0.05) is 0 Å². The number of carbonyl (C=O) groups excluding carboxylic acids is 1. The number of aromatic hydroxyl groups is 1. The lowest BCUT2D eigenvalue weighted by Crippen LogP contribution is -2.47. The maximum atomic E-state index is 14.3. The fourth-order valence-electron chi connectivity index (χ4n) is 8.39. The molecular weight excluding hydrogens is 541 g/mol. The minimum Gasteiger partial charge on any atom is -0.508 e. The third-order valence-electron chi connectivity index (χ3n) is 9.62. The zero-order valence-electron chi connectivity index (χ0n) is 22.2. The summed E-state index contributed by atoms with van der Waals surface area (Å²) in [6.45, 7) is 0. The number of benzene rings is 2. The highest BCUT2D eigenvalue weighted by Gasteiger charge is 2.51. The van der Waals surface area contributed by atoms with Crippen molar-refractivity contribution in [3.05, 3.63) is 69.8 Å². The van der Waals surface area contributed by atoms with Crippen molar-refractivity contribution in [1.82, 2.24) is 9.97 Å². The van der Waals surface area contributed by atoms with Gasteiger partial charge in [-0.05, 0) is 105 Å². The molecule has 5 aliphatic rings. The molecule has 0 spiro atoms. The predicted octanol–water partition coefficient (Wildman–Crippen LogP) is 6.58. The number of fused-ring (bicyclic) bond motifs is 3. The molecule has 1 aromatic heterocycles. The van der Waals surface area contributed by atoms with Gasteiger partial charge in [0.2, 0.25) is 11.7 Å². The molecule has 1 amide bonds. The van der Waals surface area contributed by atoms with Crippen LogP contribution in [0.4, 0.5) is 27.8 Å². The Kier molecular flexibility index (Phi) is 6.10. The molecule has 8 rings (SSSR count). The van der Waals surface area contributed by atoms with Crippen molar-refractivity contribution >= 4 is 11.7 Å². The second-order valence-corrected chi connectivity index (χ2v) is 12.5. The van der Waals surface area contributed by atoms with Crippen molar-refractivity contribution in [2.45, 2.75) is 64.2 Å². The van der Waals surface area contributed by atoms with Gasteiger partial charge in [-0.3, -0.25) is 4.79 Å². The molecule has 0 aliphatic heterocycles. The number of phenolic OH excluding ortho intramolecular Hbond substituents is 1. The number of nitrogens with one attached hydrogen (secondary N) is 1. The highest BCUT2D eigenvalue weighted by atomic mass is 19.2. The van der Waals surface area contributed by atoms with E-state index in [2.05, 4.69) is 5.32 Å². The molecule has 0 saturated heterocycles. The highest BCUT2D eigenvalue weighted by molar-refractivity contribution is 5.92. The van der Waals surface area contributed by atoms with Gasteiger partial charge in [0, 0.05) is 11.1 Å². The van der Waals surface area contributed by atoms with Gasteiger partial charge in [0.25, 0.3) is 0 Å². The molecular formula is C31H28F5N3O2. The molecule has 214 valence electrons. The van der Waals surface area contributed by atoms with Gasteiger partial charge in [-0.25, -0.2) is 31.9 Å². The Morgan fingerprint density at radius 1 is 0.878 bits per heavy atom. The molecule has 4 fully saturated rings. The van der Waals surface area contributed by atoms with Crippen LogP contribution in [-0.2, 0) is 30.5 Å². The van der Waals surface area contributed by atoms with Gasteiger partial charge >= 0.3 is 0 Å². The molecule has 3 aromatic rings. The van der Waals surface area contributed by atoms with Crippen LogP contribution in [0.25, 0.3) is 11.3 Å². The van der Waals surface area contributed by atoms with Crippen LogP contribution in [0.1, 0.15) is 61.0 Å². The lowest BCUT2D eigenvalue weighted by atomic mass is 9.48. The van der Waals surface area contributed by atoms with Crippen LogP contribution in [0, 0.1) is 52.3 Å². The number of nitrogens with zero attached hydrogens (tertiary/aromatic N) is 2. The van der Waals surface area contributed by atoms with Crippen molar-refractivity contribution in [2.24, 2.45) is 23.2 Å². The fourth-order valence-corrected chi connectivity index (χ4v) is 8.39. The first-order valence-corrected chi connectivity index (χ1v) is 14.1. The van der Waals surface area contributed by atoms with Crippen LogP contribution in [-0.4, -0.2) is 21.0 Å². The topological polar surface area (TPSA) is 75.1 Å². The SMILES string of the molecule is O=C(Cc1c(F)c(F)c(F)c(F)c1F)Nc1nc2c(nc1CC13CC4CC(CC(C4)C1)C3)-c1ccc(O)cc1CC2. The molecule has 5 aliphatic carbocycles. The third kappa shape index (κ3) is 4.46. The number of rotatable bonds is 5. The second kappa shape index (κ2) is 9.49. The van der Waals surface area contributed by atoms with Crippen LogP contribution in [0.2, 0.25) is 0 Å². The fraction of sp³-hybridized carbons (Fsp3) is 0.452. The van der Waals surface area contributed by atoms with E-state index in [1.54, 1.807) is 18.2 Å². The van der Waals surface area contributed by atoms with Crippen molar-refractivity contribution < 1.29 is 31.9 Å². The van der Waals surface area contributed by atoms with E-state index in [1.807, 2.05) is 0 Å². The summed E-state index contributed by atoms with van der Waals surface area (Å²) in [7, 11) is 0. The summed E-state index contributed by atoms with van der Waals surface area (Å²) in [5.41, 5.74) is 2.47. The van der Waals surface area contributed by atoms with E-state index in [0.717, 1.165) is 30.4 Å². The Bertz CT molecular complexity index is 1540. The Hall–Kier alpha value is -3.56. The quantitative estimate of drug-likeness (QED) is 0.207. The van der Waals surface area contributed by atoms with Crippen LogP contribution >= 0.6 is 0 Å². The van der Waals surface area contributed by atoms with E-state index in [1.165, 1.54) is 19.3 Å². The Balaban J connectivity index is 1.26. The standard InChI is InChI=1S/C31H28F5N3O2/c32-24-20(25(33)27(35)28(36)26(24)34)9-23(41)39-30-22(13-31-10-14-5-15(11-31)7-16(6-14)12-31)37-29-19-3-2-18(40)8-17(19)1-4-21(29)38-30/h2-3,8,14-16,40H,1,4-7,9-13H2,(H,38,39,41). The molecule has 0 radical (unpaired) electrons. The molecule has 5 nitrogen and oxygen atoms in total. The number of aromatic nitrogens is 2. The number of hydrogen-bond acceptors (Lipinski definition) is 4. The van der Waals surface area contributed by atoms with E-state index in [9.17, 15) is 31.9 Å². The first kappa shape index (κ1) is 26.3. The summed E-state index contributed by atoms with van der Waals surface area (Å²) in [6.07, 6.45) is 7.56. The average molecular weight is 570 g/mol. The lowest BCUT2D eigenvalue weighted by molar-refractivity contribution is -0.115.